The number of fused-ring (bicyclic) bond motifs is 1. The van der Waals surface area contributed by atoms with Crippen molar-refractivity contribution in [2.45, 2.75) is 19.3 Å². The Bertz CT molecular complexity index is 418. The molecule has 0 unspecified atom stereocenters. The van der Waals surface area contributed by atoms with E-state index in [0.717, 1.165) is 30.4 Å². The number of hydrogen-bond acceptors (Lipinski definition) is 3. The molecule has 0 spiro atoms. The number of nitro groups is 1. The van der Waals surface area contributed by atoms with Gasteiger partial charge in [0.15, 0.2) is 0 Å². The zero-order chi connectivity index (χ0) is 10.3. The van der Waals surface area contributed by atoms with Crippen LogP contribution >= 0.6 is 11.6 Å². The zero-order valence-electron chi connectivity index (χ0n) is 7.42. The molecule has 0 amide bonds. The molecule has 0 saturated carbocycles. The van der Waals surface area contributed by atoms with Crippen molar-refractivity contribution in [3.63, 3.8) is 0 Å². The molecule has 0 saturated heterocycles. The lowest BCUT2D eigenvalue weighted by molar-refractivity contribution is -0.384. The SMILES string of the molecule is Nc1c(Cl)cc2c(c1[N+](=O)[O-])CCC2. The fourth-order valence-corrected chi connectivity index (χ4v) is 2.13. The maximum Gasteiger partial charge on any atom is 0.297 e. The highest BCUT2D eigenvalue weighted by atomic mass is 35.5. The van der Waals surface area contributed by atoms with E-state index in [1.807, 2.05) is 0 Å². The van der Waals surface area contributed by atoms with Gasteiger partial charge < -0.3 is 5.73 Å². The number of halogens is 1. The van der Waals surface area contributed by atoms with Crippen molar-refractivity contribution in [2.75, 3.05) is 5.73 Å². The summed E-state index contributed by atoms with van der Waals surface area (Å²) in [6, 6.07) is 1.74. The highest BCUT2D eigenvalue weighted by Gasteiger charge is 2.26. The lowest BCUT2D eigenvalue weighted by Gasteiger charge is -2.05. The molecule has 0 aromatic heterocycles. The van der Waals surface area contributed by atoms with Gasteiger partial charge in [0.05, 0.1) is 9.95 Å². The molecule has 1 aromatic carbocycles. The van der Waals surface area contributed by atoms with Crippen molar-refractivity contribution in [1.82, 2.24) is 0 Å². The van der Waals surface area contributed by atoms with Gasteiger partial charge in [0.2, 0.25) is 0 Å². The number of nitrogen functional groups attached to an aromatic ring is 1. The number of benzene rings is 1. The summed E-state index contributed by atoms with van der Waals surface area (Å²) in [6.07, 6.45) is 2.53. The maximum atomic E-state index is 10.8. The van der Waals surface area contributed by atoms with Crippen LogP contribution in [0.25, 0.3) is 0 Å². The topological polar surface area (TPSA) is 69.2 Å². The Kier molecular flexibility index (Phi) is 2.07. The lowest BCUT2D eigenvalue weighted by Crippen LogP contribution is -2.01. The maximum absolute atomic E-state index is 10.8. The Morgan fingerprint density at radius 3 is 2.86 bits per heavy atom. The summed E-state index contributed by atoms with van der Waals surface area (Å²) in [5, 5.41) is 11.1. The van der Waals surface area contributed by atoms with Gasteiger partial charge >= 0.3 is 0 Å². The minimum atomic E-state index is -0.439. The van der Waals surface area contributed by atoms with Gasteiger partial charge in [-0.1, -0.05) is 11.6 Å². The number of nitro benzene ring substituents is 1. The first-order valence-electron chi connectivity index (χ1n) is 4.35. The molecule has 2 rings (SSSR count). The average molecular weight is 213 g/mol. The van der Waals surface area contributed by atoms with Crippen LogP contribution in [0.1, 0.15) is 17.5 Å². The minimum absolute atomic E-state index is 0.00463. The molecule has 1 aliphatic carbocycles. The van der Waals surface area contributed by atoms with E-state index < -0.39 is 4.92 Å². The van der Waals surface area contributed by atoms with Crippen LogP contribution in [-0.4, -0.2) is 4.92 Å². The van der Waals surface area contributed by atoms with Crippen LogP contribution in [0.15, 0.2) is 6.07 Å². The van der Waals surface area contributed by atoms with E-state index >= 15 is 0 Å². The van der Waals surface area contributed by atoms with Crippen LogP contribution in [0, 0.1) is 10.1 Å². The van der Waals surface area contributed by atoms with Crippen LogP contribution in [0.5, 0.6) is 0 Å². The van der Waals surface area contributed by atoms with Gasteiger partial charge in [-0.3, -0.25) is 10.1 Å². The fraction of sp³-hybridized carbons (Fsp3) is 0.333. The second-order valence-electron chi connectivity index (χ2n) is 3.37. The standard InChI is InChI=1S/C9H9ClN2O2/c10-7-4-5-2-1-3-6(5)9(8(7)11)12(13)14/h4H,1-3,11H2. The number of rotatable bonds is 1. The van der Waals surface area contributed by atoms with Gasteiger partial charge in [-0.05, 0) is 30.9 Å². The van der Waals surface area contributed by atoms with Crippen molar-refractivity contribution in [3.05, 3.63) is 32.3 Å². The molecule has 0 aliphatic heterocycles. The second-order valence-corrected chi connectivity index (χ2v) is 3.78. The summed E-state index contributed by atoms with van der Waals surface area (Å²) in [4.78, 5) is 10.4. The Labute approximate surface area is 85.8 Å². The molecule has 5 heteroatoms. The predicted molar refractivity (Wildman–Crippen MR) is 54.5 cm³/mol. The minimum Gasteiger partial charge on any atom is -0.392 e. The van der Waals surface area contributed by atoms with Gasteiger partial charge in [-0.25, -0.2) is 0 Å². The highest BCUT2D eigenvalue weighted by molar-refractivity contribution is 6.33. The Morgan fingerprint density at radius 2 is 2.21 bits per heavy atom. The predicted octanol–water partition coefficient (Wildman–Crippen LogP) is 2.32. The Balaban J connectivity index is 2.72. The Hall–Kier alpha value is -1.29. The summed E-state index contributed by atoms with van der Waals surface area (Å²) < 4.78 is 0. The Morgan fingerprint density at radius 1 is 1.50 bits per heavy atom. The zero-order valence-corrected chi connectivity index (χ0v) is 8.17. The third kappa shape index (κ3) is 1.23. The highest BCUT2D eigenvalue weighted by Crippen LogP contribution is 2.39. The quantitative estimate of drug-likeness (QED) is 0.441. The summed E-state index contributed by atoms with van der Waals surface area (Å²) in [5.74, 6) is 0. The molecule has 0 atom stereocenters. The normalized spacial score (nSPS) is 14.1. The van der Waals surface area contributed by atoms with Crippen LogP contribution < -0.4 is 5.73 Å². The van der Waals surface area contributed by atoms with Crippen LogP contribution in [0.2, 0.25) is 5.02 Å². The van der Waals surface area contributed by atoms with Gasteiger partial charge in [-0.2, -0.15) is 0 Å². The van der Waals surface area contributed by atoms with Crippen LogP contribution in [0.4, 0.5) is 11.4 Å². The van der Waals surface area contributed by atoms with E-state index in [1.54, 1.807) is 6.07 Å². The monoisotopic (exact) mass is 212 g/mol. The van der Waals surface area contributed by atoms with E-state index in [9.17, 15) is 10.1 Å². The largest absolute Gasteiger partial charge is 0.392 e. The van der Waals surface area contributed by atoms with Crippen LogP contribution in [-0.2, 0) is 12.8 Å². The van der Waals surface area contributed by atoms with E-state index in [4.69, 9.17) is 17.3 Å². The molecule has 74 valence electrons. The van der Waals surface area contributed by atoms with E-state index in [2.05, 4.69) is 0 Å². The molecular weight excluding hydrogens is 204 g/mol. The summed E-state index contributed by atoms with van der Waals surface area (Å²) in [5.41, 5.74) is 7.41. The molecule has 0 bridgehead atoms. The van der Waals surface area contributed by atoms with Crippen molar-refractivity contribution in [2.24, 2.45) is 0 Å². The molecule has 14 heavy (non-hydrogen) atoms. The van der Waals surface area contributed by atoms with E-state index in [1.165, 1.54) is 0 Å². The smallest absolute Gasteiger partial charge is 0.297 e. The number of nitrogens with zero attached hydrogens (tertiary/aromatic N) is 1. The first-order valence-corrected chi connectivity index (χ1v) is 4.73. The van der Waals surface area contributed by atoms with Gasteiger partial charge in [0.1, 0.15) is 5.69 Å². The average Bonchev–Trinajstić information content (AvgIpc) is 2.52. The number of aryl methyl sites for hydroxylation is 1. The third-order valence-electron chi connectivity index (χ3n) is 2.54. The molecular formula is C9H9ClN2O2. The summed E-state index contributed by atoms with van der Waals surface area (Å²) in [6.45, 7) is 0. The number of hydrogen-bond donors (Lipinski definition) is 1. The van der Waals surface area contributed by atoms with Gasteiger partial charge in [0.25, 0.3) is 5.69 Å². The van der Waals surface area contributed by atoms with Crippen molar-refractivity contribution in [3.8, 4) is 0 Å². The number of nitrogens with two attached hydrogens (primary N) is 1. The number of anilines is 1. The van der Waals surface area contributed by atoms with Crippen LogP contribution in [0.3, 0.4) is 0 Å². The molecule has 4 nitrogen and oxygen atoms in total. The van der Waals surface area contributed by atoms with Crippen molar-refractivity contribution < 1.29 is 4.92 Å². The second kappa shape index (κ2) is 3.13. The first kappa shape index (κ1) is 9.27. The fourth-order valence-electron chi connectivity index (χ4n) is 1.91. The van der Waals surface area contributed by atoms with E-state index in [-0.39, 0.29) is 16.4 Å². The molecule has 1 aromatic rings. The first-order chi connectivity index (χ1) is 6.61. The lowest BCUT2D eigenvalue weighted by atomic mass is 10.1. The molecule has 0 heterocycles. The molecule has 0 fully saturated rings. The molecule has 2 N–H and O–H groups in total. The van der Waals surface area contributed by atoms with Crippen molar-refractivity contribution >= 4 is 23.0 Å². The summed E-state index contributed by atoms with van der Waals surface area (Å²) in [7, 11) is 0. The van der Waals surface area contributed by atoms with Gasteiger partial charge in [-0.15, -0.1) is 0 Å². The van der Waals surface area contributed by atoms with E-state index in [0.29, 0.717) is 0 Å². The summed E-state index contributed by atoms with van der Waals surface area (Å²) >= 11 is 5.81. The molecule has 1 aliphatic rings. The van der Waals surface area contributed by atoms with Crippen molar-refractivity contribution in [1.29, 1.82) is 0 Å². The third-order valence-corrected chi connectivity index (χ3v) is 2.86. The molecule has 0 radical (unpaired) electrons. The van der Waals surface area contributed by atoms with Gasteiger partial charge in [0, 0.05) is 5.56 Å².